The lowest BCUT2D eigenvalue weighted by Crippen LogP contribution is -2.45. The number of tetrazole rings is 1. The van der Waals surface area contributed by atoms with E-state index in [-0.39, 0.29) is 12.4 Å². The average Bonchev–Trinajstić information content (AvgIpc) is 3.29. The number of nitrogens with one attached hydrogen (secondary N) is 1. The van der Waals surface area contributed by atoms with Crippen molar-refractivity contribution in [2.45, 2.75) is 31.5 Å². The molecule has 2 aromatic rings. The lowest BCUT2D eigenvalue weighted by molar-refractivity contribution is 0.147. The smallest absolute Gasteiger partial charge is 0.165 e. The Balaban J connectivity index is 0.00000144. The molecule has 0 bridgehead atoms. The highest BCUT2D eigenvalue weighted by Gasteiger charge is 2.30. The zero-order valence-electron chi connectivity index (χ0n) is 12.3. The monoisotopic (exact) mass is 321 g/mol. The summed E-state index contributed by atoms with van der Waals surface area (Å²) in [6.07, 6.45) is 6.17. The van der Waals surface area contributed by atoms with Crippen molar-refractivity contribution in [3.63, 3.8) is 0 Å². The molecule has 1 unspecified atom stereocenters. The van der Waals surface area contributed by atoms with Gasteiger partial charge in [-0.15, -0.1) is 17.5 Å². The summed E-state index contributed by atoms with van der Waals surface area (Å²) in [6, 6.07) is 4.99. The molecule has 1 aliphatic carbocycles. The van der Waals surface area contributed by atoms with Crippen molar-refractivity contribution in [2.24, 2.45) is 0 Å². The average molecular weight is 322 g/mol. The van der Waals surface area contributed by atoms with Gasteiger partial charge in [-0.05, 0) is 34.9 Å². The van der Waals surface area contributed by atoms with E-state index in [4.69, 9.17) is 0 Å². The van der Waals surface area contributed by atoms with Crippen molar-refractivity contribution in [1.29, 1.82) is 0 Å². The van der Waals surface area contributed by atoms with Crippen molar-refractivity contribution in [3.8, 4) is 0 Å². The normalized spacial score (nSPS) is 22.3. The Hall–Kier alpha value is -1.57. The minimum Gasteiger partial charge on any atom is -0.314 e. The van der Waals surface area contributed by atoms with Gasteiger partial charge in [0.05, 0.1) is 12.6 Å². The third-order valence-electron chi connectivity index (χ3n) is 4.22. The summed E-state index contributed by atoms with van der Waals surface area (Å²) in [5, 5.41) is 15.7. The van der Waals surface area contributed by atoms with Crippen LogP contribution in [0, 0.1) is 0 Å². The fourth-order valence-corrected chi connectivity index (χ4v) is 2.94. The van der Waals surface area contributed by atoms with Crippen LogP contribution >= 0.6 is 12.4 Å². The van der Waals surface area contributed by atoms with Gasteiger partial charge in [0, 0.05) is 38.1 Å². The predicted molar refractivity (Wildman–Crippen MR) is 83.6 cm³/mol. The molecule has 8 heteroatoms. The number of hydrogen-bond donors (Lipinski definition) is 1. The second kappa shape index (κ2) is 6.68. The van der Waals surface area contributed by atoms with E-state index in [1.54, 1.807) is 0 Å². The second-order valence-corrected chi connectivity index (χ2v) is 5.75. The van der Waals surface area contributed by atoms with Gasteiger partial charge in [-0.3, -0.25) is 9.88 Å². The maximum Gasteiger partial charge on any atom is 0.165 e. The van der Waals surface area contributed by atoms with Crippen molar-refractivity contribution in [2.75, 3.05) is 19.6 Å². The molecule has 1 atom stereocenters. The number of pyridine rings is 1. The Morgan fingerprint density at radius 3 is 3.00 bits per heavy atom. The van der Waals surface area contributed by atoms with Crippen molar-refractivity contribution < 1.29 is 0 Å². The Kier molecular flexibility index (Phi) is 4.66. The Labute approximate surface area is 135 Å². The maximum absolute atomic E-state index is 4.25. The van der Waals surface area contributed by atoms with Crippen LogP contribution in [0.4, 0.5) is 0 Å². The first kappa shape index (κ1) is 15.3. The third kappa shape index (κ3) is 3.11. The van der Waals surface area contributed by atoms with Crippen LogP contribution in [-0.2, 0) is 6.54 Å². The molecule has 0 radical (unpaired) electrons. The molecule has 0 spiro atoms. The van der Waals surface area contributed by atoms with Gasteiger partial charge >= 0.3 is 0 Å². The number of hydrogen-bond acceptors (Lipinski definition) is 6. The SMILES string of the molecule is Cl.c1cncc(C2CNCCN2Cc2nnnn2C2CC2)c1. The van der Waals surface area contributed by atoms with Gasteiger partial charge in [0.15, 0.2) is 5.82 Å². The molecule has 0 amide bonds. The lowest BCUT2D eigenvalue weighted by atomic mass is 10.1. The number of halogens is 1. The van der Waals surface area contributed by atoms with Crippen LogP contribution in [0.25, 0.3) is 0 Å². The molecule has 2 aliphatic rings. The van der Waals surface area contributed by atoms with Gasteiger partial charge in [0.2, 0.25) is 0 Å². The molecule has 2 aromatic heterocycles. The topological polar surface area (TPSA) is 71.8 Å². The number of nitrogens with zero attached hydrogens (tertiary/aromatic N) is 6. The molecule has 22 heavy (non-hydrogen) atoms. The lowest BCUT2D eigenvalue weighted by Gasteiger charge is -2.35. The van der Waals surface area contributed by atoms with Crippen LogP contribution < -0.4 is 5.32 Å². The van der Waals surface area contributed by atoms with Crippen molar-refractivity contribution >= 4 is 12.4 Å². The van der Waals surface area contributed by atoms with Crippen molar-refractivity contribution in [1.82, 2.24) is 35.4 Å². The summed E-state index contributed by atoms with van der Waals surface area (Å²) < 4.78 is 2.00. The molecule has 1 saturated heterocycles. The molecule has 1 N–H and O–H groups in total. The number of aromatic nitrogens is 5. The largest absolute Gasteiger partial charge is 0.314 e. The quantitative estimate of drug-likeness (QED) is 0.905. The summed E-state index contributed by atoms with van der Waals surface area (Å²) in [7, 11) is 0. The van der Waals surface area contributed by atoms with E-state index in [1.165, 1.54) is 18.4 Å². The Morgan fingerprint density at radius 2 is 2.23 bits per heavy atom. The predicted octanol–water partition coefficient (Wildman–Crippen LogP) is 0.971. The molecular weight excluding hydrogens is 302 g/mol. The summed E-state index contributed by atoms with van der Waals surface area (Å²) in [6.45, 7) is 3.74. The van der Waals surface area contributed by atoms with Crippen LogP contribution in [0.1, 0.15) is 36.3 Å². The maximum atomic E-state index is 4.25. The highest BCUT2D eigenvalue weighted by Crippen LogP contribution is 2.35. The molecule has 1 saturated carbocycles. The van der Waals surface area contributed by atoms with Gasteiger partial charge in [-0.25, -0.2) is 4.68 Å². The Bertz CT molecular complexity index is 598. The van der Waals surface area contributed by atoms with Gasteiger partial charge in [-0.1, -0.05) is 6.07 Å². The van der Waals surface area contributed by atoms with Gasteiger partial charge in [-0.2, -0.15) is 0 Å². The second-order valence-electron chi connectivity index (χ2n) is 5.75. The molecule has 4 rings (SSSR count). The van der Waals surface area contributed by atoms with Gasteiger partial charge < -0.3 is 5.32 Å². The van der Waals surface area contributed by atoms with Crippen molar-refractivity contribution in [3.05, 3.63) is 35.9 Å². The van der Waals surface area contributed by atoms with E-state index < -0.39 is 0 Å². The number of rotatable bonds is 4. The standard InChI is InChI=1S/C14H19N7.ClH/c1-2-11(8-15-5-1)13-9-16-6-7-20(13)10-14-17-18-19-21(14)12-3-4-12;/h1-2,5,8,12-13,16H,3-4,6-7,9-10H2;1H. The minimum atomic E-state index is 0. The Morgan fingerprint density at radius 1 is 1.32 bits per heavy atom. The van der Waals surface area contributed by atoms with Crippen LogP contribution in [0.3, 0.4) is 0 Å². The van der Waals surface area contributed by atoms with Crippen LogP contribution in [0.5, 0.6) is 0 Å². The summed E-state index contributed by atoms with van der Waals surface area (Å²) in [5.74, 6) is 0.980. The van der Waals surface area contributed by atoms with Crippen LogP contribution in [0.15, 0.2) is 24.5 Å². The molecule has 7 nitrogen and oxygen atoms in total. The molecular formula is C14H20ClN7. The van der Waals surface area contributed by atoms with E-state index >= 15 is 0 Å². The first-order valence-corrected chi connectivity index (χ1v) is 7.53. The summed E-state index contributed by atoms with van der Waals surface area (Å²) >= 11 is 0. The third-order valence-corrected chi connectivity index (χ3v) is 4.22. The van der Waals surface area contributed by atoms with Gasteiger partial charge in [0.25, 0.3) is 0 Å². The molecule has 2 fully saturated rings. The molecule has 1 aliphatic heterocycles. The van der Waals surface area contributed by atoms with Crippen LogP contribution in [-0.4, -0.2) is 49.7 Å². The van der Waals surface area contributed by atoms with E-state index in [9.17, 15) is 0 Å². The van der Waals surface area contributed by atoms with Gasteiger partial charge in [0.1, 0.15) is 0 Å². The summed E-state index contributed by atoms with van der Waals surface area (Å²) in [4.78, 5) is 6.69. The molecule has 118 valence electrons. The molecule has 3 heterocycles. The number of piperazine rings is 1. The van der Waals surface area contributed by atoms with Crippen LogP contribution in [0.2, 0.25) is 0 Å². The fourth-order valence-electron chi connectivity index (χ4n) is 2.94. The van der Waals surface area contributed by atoms with E-state index in [2.05, 4.69) is 36.8 Å². The highest BCUT2D eigenvalue weighted by atomic mass is 35.5. The zero-order valence-corrected chi connectivity index (χ0v) is 13.1. The summed E-state index contributed by atoms with van der Waals surface area (Å²) in [5.41, 5.74) is 1.25. The molecule has 0 aromatic carbocycles. The first-order chi connectivity index (χ1) is 10.4. The zero-order chi connectivity index (χ0) is 14.1. The fraction of sp³-hybridized carbons (Fsp3) is 0.571. The minimum absolute atomic E-state index is 0. The highest BCUT2D eigenvalue weighted by molar-refractivity contribution is 5.85. The van der Waals surface area contributed by atoms with E-state index in [1.807, 2.05) is 23.1 Å². The van der Waals surface area contributed by atoms with E-state index in [0.29, 0.717) is 12.1 Å². The first-order valence-electron chi connectivity index (χ1n) is 7.53. The van der Waals surface area contributed by atoms with E-state index in [0.717, 1.165) is 32.0 Å².